The first-order valence-corrected chi connectivity index (χ1v) is 7.16. The molecule has 2 aromatic rings. The number of amides is 1. The molecule has 0 bridgehead atoms. The van der Waals surface area contributed by atoms with Crippen LogP contribution in [0.3, 0.4) is 0 Å². The second kappa shape index (κ2) is 6.78. The summed E-state index contributed by atoms with van der Waals surface area (Å²) in [6.07, 6.45) is 1.04. The Morgan fingerprint density at radius 1 is 1.35 bits per heavy atom. The fourth-order valence-corrected chi connectivity index (χ4v) is 2.34. The number of furan rings is 1. The molecule has 122 valence electrons. The van der Waals surface area contributed by atoms with E-state index in [0.717, 1.165) is 12.1 Å². The minimum atomic E-state index is -0.774. The van der Waals surface area contributed by atoms with Gasteiger partial charge in [-0.3, -0.25) is 4.79 Å². The third-order valence-corrected chi connectivity index (χ3v) is 3.48. The summed E-state index contributed by atoms with van der Waals surface area (Å²) < 4.78 is 42.3. The standard InChI is InChI=1S/C16H15F2NO4/c17-11-3-4-14(13(18)8-11)23-10-12-9-19(5-7-21-12)16(20)15-2-1-6-22-15/h1-4,6,8,12H,5,7,9-10H2/t12-/m0/s1. The molecule has 1 atom stereocenters. The van der Waals surface area contributed by atoms with Gasteiger partial charge in [-0.15, -0.1) is 0 Å². The van der Waals surface area contributed by atoms with Crippen LogP contribution in [0.2, 0.25) is 0 Å². The Kier molecular flexibility index (Phi) is 4.57. The van der Waals surface area contributed by atoms with E-state index in [1.165, 1.54) is 12.3 Å². The SMILES string of the molecule is O=C(c1ccco1)N1CCO[C@H](COc2ccc(F)cc2F)C1. The summed E-state index contributed by atoms with van der Waals surface area (Å²) in [5, 5.41) is 0. The number of nitrogens with zero attached hydrogens (tertiary/aromatic N) is 1. The molecule has 5 nitrogen and oxygen atoms in total. The predicted molar refractivity (Wildman–Crippen MR) is 76.2 cm³/mol. The molecule has 0 radical (unpaired) electrons. The molecule has 2 heterocycles. The first-order valence-electron chi connectivity index (χ1n) is 7.16. The molecule has 0 spiro atoms. The first-order chi connectivity index (χ1) is 11.1. The summed E-state index contributed by atoms with van der Waals surface area (Å²) in [6.45, 7) is 1.17. The van der Waals surface area contributed by atoms with Gasteiger partial charge in [-0.2, -0.15) is 0 Å². The molecular formula is C16H15F2NO4. The van der Waals surface area contributed by atoms with Crippen molar-refractivity contribution in [3.8, 4) is 5.75 Å². The van der Waals surface area contributed by atoms with Crippen LogP contribution >= 0.6 is 0 Å². The summed E-state index contributed by atoms with van der Waals surface area (Å²) >= 11 is 0. The Morgan fingerprint density at radius 2 is 2.22 bits per heavy atom. The van der Waals surface area contributed by atoms with Crippen LogP contribution in [0.15, 0.2) is 41.0 Å². The summed E-state index contributed by atoms with van der Waals surface area (Å²) in [5.74, 6) is -1.46. The third-order valence-electron chi connectivity index (χ3n) is 3.48. The molecule has 3 rings (SSSR count). The maximum Gasteiger partial charge on any atom is 0.289 e. The zero-order valence-electron chi connectivity index (χ0n) is 12.2. The molecule has 0 aliphatic carbocycles. The quantitative estimate of drug-likeness (QED) is 0.867. The number of ether oxygens (including phenoxy) is 2. The van der Waals surface area contributed by atoms with E-state index in [0.29, 0.717) is 19.7 Å². The number of halogens is 2. The molecule has 1 aliphatic rings. The Morgan fingerprint density at radius 3 is 2.96 bits per heavy atom. The Balaban J connectivity index is 1.57. The van der Waals surface area contributed by atoms with Crippen LogP contribution in [-0.2, 0) is 4.74 Å². The van der Waals surface area contributed by atoms with Crippen molar-refractivity contribution in [3.63, 3.8) is 0 Å². The van der Waals surface area contributed by atoms with E-state index in [9.17, 15) is 13.6 Å². The van der Waals surface area contributed by atoms with Crippen LogP contribution in [0.5, 0.6) is 5.75 Å². The van der Waals surface area contributed by atoms with Gasteiger partial charge in [0, 0.05) is 12.6 Å². The number of carbonyl (C=O) groups excluding carboxylic acids is 1. The number of carbonyl (C=O) groups is 1. The molecule has 23 heavy (non-hydrogen) atoms. The molecule has 1 amide bonds. The number of rotatable bonds is 4. The maximum absolute atomic E-state index is 13.5. The van der Waals surface area contributed by atoms with E-state index < -0.39 is 17.7 Å². The average Bonchev–Trinajstić information content (AvgIpc) is 3.08. The van der Waals surface area contributed by atoms with Gasteiger partial charge in [0.1, 0.15) is 18.5 Å². The molecule has 7 heteroatoms. The minimum absolute atomic E-state index is 0.0514. The average molecular weight is 323 g/mol. The van der Waals surface area contributed by atoms with Gasteiger partial charge < -0.3 is 18.8 Å². The molecule has 1 saturated heterocycles. The van der Waals surface area contributed by atoms with Crippen LogP contribution in [0.1, 0.15) is 10.6 Å². The fourth-order valence-electron chi connectivity index (χ4n) is 2.34. The summed E-state index contributed by atoms with van der Waals surface area (Å²) in [4.78, 5) is 13.8. The second-order valence-electron chi connectivity index (χ2n) is 5.11. The molecule has 0 N–H and O–H groups in total. The summed E-state index contributed by atoms with van der Waals surface area (Å²) in [6, 6.07) is 6.33. The molecule has 0 saturated carbocycles. The zero-order chi connectivity index (χ0) is 16.2. The Bertz CT molecular complexity index is 675. The molecule has 1 aromatic heterocycles. The van der Waals surface area contributed by atoms with Gasteiger partial charge in [-0.25, -0.2) is 8.78 Å². The van der Waals surface area contributed by atoms with E-state index in [-0.39, 0.29) is 24.0 Å². The van der Waals surface area contributed by atoms with Crippen molar-refractivity contribution in [1.82, 2.24) is 4.90 Å². The largest absolute Gasteiger partial charge is 0.488 e. The lowest BCUT2D eigenvalue weighted by Gasteiger charge is -2.32. The normalized spacial score (nSPS) is 18.0. The highest BCUT2D eigenvalue weighted by atomic mass is 19.1. The van der Waals surface area contributed by atoms with Gasteiger partial charge in [0.15, 0.2) is 17.3 Å². The van der Waals surface area contributed by atoms with Gasteiger partial charge in [0.05, 0.1) is 19.4 Å². The predicted octanol–water partition coefficient (Wildman–Crippen LogP) is 2.48. The van der Waals surface area contributed by atoms with Crippen LogP contribution in [0.25, 0.3) is 0 Å². The lowest BCUT2D eigenvalue weighted by Crippen LogP contribution is -2.47. The topological polar surface area (TPSA) is 51.9 Å². The Labute approximate surface area is 131 Å². The zero-order valence-corrected chi connectivity index (χ0v) is 12.2. The highest BCUT2D eigenvalue weighted by Gasteiger charge is 2.27. The maximum atomic E-state index is 13.5. The fraction of sp³-hybridized carbons (Fsp3) is 0.312. The lowest BCUT2D eigenvalue weighted by molar-refractivity contribution is -0.0412. The van der Waals surface area contributed by atoms with Crippen LogP contribution in [0, 0.1) is 11.6 Å². The molecule has 1 aromatic carbocycles. The van der Waals surface area contributed by atoms with Crippen molar-refractivity contribution in [2.45, 2.75) is 6.10 Å². The molecular weight excluding hydrogens is 308 g/mol. The van der Waals surface area contributed by atoms with E-state index in [2.05, 4.69) is 0 Å². The minimum Gasteiger partial charge on any atom is -0.488 e. The monoisotopic (exact) mass is 323 g/mol. The summed E-state index contributed by atoms with van der Waals surface area (Å²) in [5.41, 5.74) is 0. The van der Waals surface area contributed by atoms with Crippen molar-refractivity contribution < 1.29 is 27.5 Å². The first kappa shape index (κ1) is 15.5. The lowest BCUT2D eigenvalue weighted by atomic mass is 10.2. The van der Waals surface area contributed by atoms with Gasteiger partial charge >= 0.3 is 0 Å². The van der Waals surface area contributed by atoms with Crippen molar-refractivity contribution in [1.29, 1.82) is 0 Å². The van der Waals surface area contributed by atoms with E-state index in [1.807, 2.05) is 0 Å². The number of hydrogen-bond donors (Lipinski definition) is 0. The highest BCUT2D eigenvalue weighted by Crippen LogP contribution is 2.19. The molecule has 0 unspecified atom stereocenters. The van der Waals surface area contributed by atoms with E-state index in [1.54, 1.807) is 17.0 Å². The highest BCUT2D eigenvalue weighted by molar-refractivity contribution is 5.91. The van der Waals surface area contributed by atoms with Crippen molar-refractivity contribution in [3.05, 3.63) is 54.0 Å². The number of benzene rings is 1. The van der Waals surface area contributed by atoms with Crippen molar-refractivity contribution >= 4 is 5.91 Å². The van der Waals surface area contributed by atoms with E-state index >= 15 is 0 Å². The van der Waals surface area contributed by atoms with Crippen LogP contribution < -0.4 is 4.74 Å². The van der Waals surface area contributed by atoms with Gasteiger partial charge in [-0.05, 0) is 24.3 Å². The molecule has 1 aliphatic heterocycles. The van der Waals surface area contributed by atoms with Crippen LogP contribution in [-0.4, -0.2) is 43.2 Å². The van der Waals surface area contributed by atoms with Gasteiger partial charge in [-0.1, -0.05) is 0 Å². The summed E-state index contributed by atoms with van der Waals surface area (Å²) in [7, 11) is 0. The van der Waals surface area contributed by atoms with Crippen molar-refractivity contribution in [2.75, 3.05) is 26.3 Å². The van der Waals surface area contributed by atoms with Gasteiger partial charge in [0.2, 0.25) is 0 Å². The number of hydrogen-bond acceptors (Lipinski definition) is 4. The second-order valence-corrected chi connectivity index (χ2v) is 5.11. The van der Waals surface area contributed by atoms with Crippen LogP contribution in [0.4, 0.5) is 8.78 Å². The van der Waals surface area contributed by atoms with Crippen molar-refractivity contribution in [2.24, 2.45) is 0 Å². The Hall–Kier alpha value is -2.41. The molecule has 1 fully saturated rings. The smallest absolute Gasteiger partial charge is 0.289 e. The number of morpholine rings is 1. The van der Waals surface area contributed by atoms with Gasteiger partial charge in [0.25, 0.3) is 5.91 Å². The van der Waals surface area contributed by atoms with E-state index in [4.69, 9.17) is 13.9 Å². The third kappa shape index (κ3) is 3.68.